The third-order valence-electron chi connectivity index (χ3n) is 5.13. The average molecular weight is 393 g/mol. The number of hydrazone groups is 1. The Hall–Kier alpha value is -3.15. The molecule has 1 aliphatic heterocycles. The molecule has 1 fully saturated rings. The highest BCUT2D eigenvalue weighted by atomic mass is 16.5. The highest BCUT2D eigenvalue weighted by Gasteiger charge is 2.28. The minimum atomic E-state index is -0.143. The van der Waals surface area contributed by atoms with E-state index in [1.807, 2.05) is 67.3 Å². The maximum absolute atomic E-state index is 12.7. The van der Waals surface area contributed by atoms with Crippen LogP contribution in [0.25, 0.3) is 0 Å². The lowest BCUT2D eigenvalue weighted by Gasteiger charge is -2.31. The van der Waals surface area contributed by atoms with Gasteiger partial charge in [-0.2, -0.15) is 5.10 Å². The highest BCUT2D eigenvalue weighted by molar-refractivity contribution is 5.95. The topological polar surface area (TPSA) is 71.0 Å². The fourth-order valence-electron chi connectivity index (χ4n) is 3.46. The van der Waals surface area contributed by atoms with Gasteiger partial charge in [0.25, 0.3) is 5.91 Å². The number of ether oxygens (including phenoxy) is 1. The van der Waals surface area contributed by atoms with Crippen LogP contribution in [-0.4, -0.2) is 42.6 Å². The van der Waals surface area contributed by atoms with E-state index in [1.165, 1.54) is 0 Å². The van der Waals surface area contributed by atoms with Crippen molar-refractivity contribution in [2.45, 2.75) is 26.7 Å². The third-order valence-corrected chi connectivity index (χ3v) is 5.13. The largest absolute Gasteiger partial charge is 0.493 e. The molecule has 6 heteroatoms. The lowest BCUT2D eigenvalue weighted by Crippen LogP contribution is -2.42. The van der Waals surface area contributed by atoms with Crippen molar-refractivity contribution in [3.05, 3.63) is 65.2 Å². The first-order valence-corrected chi connectivity index (χ1v) is 9.99. The molecule has 2 aromatic carbocycles. The molecule has 152 valence electrons. The van der Waals surface area contributed by atoms with Gasteiger partial charge < -0.3 is 9.64 Å². The summed E-state index contributed by atoms with van der Waals surface area (Å²) >= 11 is 0. The van der Waals surface area contributed by atoms with E-state index in [-0.39, 0.29) is 17.7 Å². The monoisotopic (exact) mass is 393 g/mol. The molecule has 29 heavy (non-hydrogen) atoms. The summed E-state index contributed by atoms with van der Waals surface area (Å²) in [5.41, 5.74) is 5.14. The Morgan fingerprint density at radius 1 is 1.14 bits per heavy atom. The summed E-state index contributed by atoms with van der Waals surface area (Å²) in [5, 5.41) is 4.09. The van der Waals surface area contributed by atoms with Crippen LogP contribution < -0.4 is 10.2 Å². The third kappa shape index (κ3) is 5.22. The Balaban J connectivity index is 1.52. The fourth-order valence-corrected chi connectivity index (χ4v) is 3.46. The number of likely N-dealkylation sites (tertiary alicyclic amines) is 1. The molecule has 2 aromatic rings. The van der Waals surface area contributed by atoms with Crippen LogP contribution in [0.3, 0.4) is 0 Å². The van der Waals surface area contributed by atoms with Gasteiger partial charge in [-0.05, 0) is 50.5 Å². The summed E-state index contributed by atoms with van der Waals surface area (Å²) in [5.74, 6) is 0.511. The average Bonchev–Trinajstić information content (AvgIpc) is 2.75. The number of hydrogen-bond donors (Lipinski definition) is 1. The number of carbonyl (C=O) groups excluding carboxylic acids is 2. The van der Waals surface area contributed by atoms with Crippen LogP contribution in [0.1, 0.15) is 41.3 Å². The number of hydrogen-bond acceptors (Lipinski definition) is 4. The van der Waals surface area contributed by atoms with E-state index in [1.54, 1.807) is 6.21 Å². The molecule has 0 atom stereocenters. The predicted octanol–water partition coefficient (Wildman–Crippen LogP) is 3.40. The van der Waals surface area contributed by atoms with Crippen molar-refractivity contribution < 1.29 is 14.3 Å². The van der Waals surface area contributed by atoms with Crippen molar-refractivity contribution in [1.82, 2.24) is 10.3 Å². The van der Waals surface area contributed by atoms with Gasteiger partial charge in [0, 0.05) is 30.1 Å². The molecule has 2 amide bonds. The first kappa shape index (κ1) is 20.6. The lowest BCUT2D eigenvalue weighted by molar-refractivity contribution is -0.126. The van der Waals surface area contributed by atoms with E-state index < -0.39 is 0 Å². The molecule has 0 aromatic heterocycles. The van der Waals surface area contributed by atoms with Crippen LogP contribution in [0.15, 0.2) is 53.6 Å². The molecule has 1 aliphatic rings. The zero-order chi connectivity index (χ0) is 20.6. The molecule has 0 unspecified atom stereocenters. The molecule has 0 bridgehead atoms. The lowest BCUT2D eigenvalue weighted by atomic mass is 9.95. The summed E-state index contributed by atoms with van der Waals surface area (Å²) in [6.07, 6.45) is 2.86. The minimum absolute atomic E-state index is 0.0347. The molecule has 0 saturated carbocycles. The number of piperidine rings is 1. The zero-order valence-electron chi connectivity index (χ0n) is 16.9. The summed E-state index contributed by atoms with van der Waals surface area (Å²) in [4.78, 5) is 27.0. The van der Waals surface area contributed by atoms with Crippen molar-refractivity contribution in [3.8, 4) is 5.75 Å². The zero-order valence-corrected chi connectivity index (χ0v) is 16.9. The van der Waals surface area contributed by atoms with Gasteiger partial charge in [0.2, 0.25) is 5.91 Å². The number of aryl methyl sites for hydroxylation is 1. The Bertz CT molecular complexity index is 886. The van der Waals surface area contributed by atoms with E-state index in [4.69, 9.17) is 4.74 Å². The minimum Gasteiger partial charge on any atom is -0.493 e. The smallest absolute Gasteiger partial charge is 0.254 e. The van der Waals surface area contributed by atoms with Crippen molar-refractivity contribution in [3.63, 3.8) is 0 Å². The number of nitrogens with one attached hydrogen (secondary N) is 1. The maximum Gasteiger partial charge on any atom is 0.254 e. The maximum atomic E-state index is 12.7. The van der Waals surface area contributed by atoms with Gasteiger partial charge in [-0.3, -0.25) is 9.59 Å². The summed E-state index contributed by atoms with van der Waals surface area (Å²) in [7, 11) is 0. The Labute approximate surface area is 171 Å². The number of para-hydroxylation sites is 1. The molecule has 0 spiro atoms. The Kier molecular flexibility index (Phi) is 7.00. The van der Waals surface area contributed by atoms with Gasteiger partial charge in [-0.25, -0.2) is 5.43 Å². The van der Waals surface area contributed by atoms with Gasteiger partial charge in [0.15, 0.2) is 0 Å². The molecule has 6 nitrogen and oxygen atoms in total. The standard InChI is InChI=1S/C23H27N3O3/c1-3-29-21-11-7-5-9-19(21)16-24-25-22(27)18-12-14-26(15-13-18)23(28)20-10-6-4-8-17(20)2/h4-11,16,18H,3,12-15H2,1-2H3,(H,25,27)/b24-16-. The second kappa shape index (κ2) is 9.87. The molecule has 1 N–H and O–H groups in total. The SMILES string of the molecule is CCOc1ccccc1/C=N\NC(=O)C1CCN(C(=O)c2ccccc2C)CC1. The van der Waals surface area contributed by atoms with Crippen LogP contribution in [0.5, 0.6) is 5.75 Å². The second-order valence-electron chi connectivity index (χ2n) is 7.09. The normalized spacial score (nSPS) is 14.8. The van der Waals surface area contributed by atoms with Gasteiger partial charge in [0.05, 0.1) is 12.8 Å². The van der Waals surface area contributed by atoms with E-state index in [0.717, 1.165) is 22.4 Å². The van der Waals surface area contributed by atoms with Crippen LogP contribution >= 0.6 is 0 Å². The number of carbonyl (C=O) groups is 2. The van der Waals surface area contributed by atoms with Crippen molar-refractivity contribution in [2.24, 2.45) is 11.0 Å². The van der Waals surface area contributed by atoms with Crippen molar-refractivity contribution in [1.29, 1.82) is 0 Å². The quantitative estimate of drug-likeness (QED) is 0.604. The molecule has 3 rings (SSSR count). The predicted molar refractivity (Wildman–Crippen MR) is 113 cm³/mol. The molecular formula is C23H27N3O3. The summed E-state index contributed by atoms with van der Waals surface area (Å²) < 4.78 is 5.55. The molecule has 0 radical (unpaired) electrons. The fraction of sp³-hybridized carbons (Fsp3) is 0.348. The Morgan fingerprint density at radius 3 is 2.55 bits per heavy atom. The van der Waals surface area contributed by atoms with Crippen LogP contribution in [-0.2, 0) is 4.79 Å². The molecule has 0 aliphatic carbocycles. The van der Waals surface area contributed by atoms with Gasteiger partial charge in [-0.1, -0.05) is 30.3 Å². The van der Waals surface area contributed by atoms with Crippen molar-refractivity contribution >= 4 is 18.0 Å². The van der Waals surface area contributed by atoms with Gasteiger partial charge in [-0.15, -0.1) is 0 Å². The van der Waals surface area contributed by atoms with Crippen LogP contribution in [0, 0.1) is 12.8 Å². The van der Waals surface area contributed by atoms with Crippen molar-refractivity contribution in [2.75, 3.05) is 19.7 Å². The Morgan fingerprint density at radius 2 is 1.83 bits per heavy atom. The van der Waals surface area contributed by atoms with Crippen LogP contribution in [0.2, 0.25) is 0 Å². The number of benzene rings is 2. The number of nitrogens with zero attached hydrogens (tertiary/aromatic N) is 2. The highest BCUT2D eigenvalue weighted by Crippen LogP contribution is 2.20. The van der Waals surface area contributed by atoms with Crippen LogP contribution in [0.4, 0.5) is 0 Å². The van der Waals surface area contributed by atoms with E-state index >= 15 is 0 Å². The first-order valence-electron chi connectivity index (χ1n) is 9.99. The first-order chi connectivity index (χ1) is 14.1. The number of rotatable bonds is 6. The summed E-state index contributed by atoms with van der Waals surface area (Å²) in [6.45, 7) is 5.57. The van der Waals surface area contributed by atoms with E-state index in [2.05, 4.69) is 10.5 Å². The molecule has 1 heterocycles. The molecular weight excluding hydrogens is 366 g/mol. The van der Waals surface area contributed by atoms with E-state index in [9.17, 15) is 9.59 Å². The van der Waals surface area contributed by atoms with Gasteiger partial charge in [0.1, 0.15) is 5.75 Å². The van der Waals surface area contributed by atoms with Gasteiger partial charge >= 0.3 is 0 Å². The van der Waals surface area contributed by atoms with E-state index in [0.29, 0.717) is 32.5 Å². The molecule has 1 saturated heterocycles. The second-order valence-corrected chi connectivity index (χ2v) is 7.09. The number of amides is 2. The summed E-state index contributed by atoms with van der Waals surface area (Å²) in [6, 6.07) is 15.1.